The molecule has 1 fully saturated rings. The number of ketones is 1. The molecule has 20 heavy (non-hydrogen) atoms. The van der Waals surface area contributed by atoms with Gasteiger partial charge in [-0.15, -0.1) is 0 Å². The number of hydrogen-bond donors (Lipinski definition) is 0. The van der Waals surface area contributed by atoms with Crippen LogP contribution in [0.15, 0.2) is 16.6 Å². The number of carbonyl (C=O) groups excluding carboxylic acids is 1. The van der Waals surface area contributed by atoms with E-state index in [0.717, 1.165) is 47.6 Å². The highest BCUT2D eigenvalue weighted by Gasteiger charge is 2.20. The number of Topliss-reactive ketones (excluding diaryl/α,β-unsaturated/α-hetero) is 1. The van der Waals surface area contributed by atoms with Crippen LogP contribution in [-0.4, -0.2) is 12.4 Å². The number of carbonyl (C=O) groups is 1. The van der Waals surface area contributed by atoms with Crippen LogP contribution in [-0.2, 0) is 17.6 Å². The lowest BCUT2D eigenvalue weighted by molar-refractivity contribution is -0.118. The van der Waals surface area contributed by atoms with Gasteiger partial charge >= 0.3 is 0 Å². The Labute approximate surface area is 129 Å². The van der Waals surface area contributed by atoms with E-state index in [0.29, 0.717) is 12.2 Å². The summed E-state index contributed by atoms with van der Waals surface area (Å²) in [5.74, 6) is 2.11. The Kier molecular flexibility index (Phi) is 4.45. The van der Waals surface area contributed by atoms with Gasteiger partial charge in [-0.25, -0.2) is 0 Å². The molecule has 2 aliphatic rings. The molecule has 0 N–H and O–H groups in total. The lowest BCUT2D eigenvalue weighted by atomic mass is 9.96. The van der Waals surface area contributed by atoms with E-state index in [9.17, 15) is 4.79 Å². The molecule has 0 atom stereocenters. The van der Waals surface area contributed by atoms with E-state index in [4.69, 9.17) is 4.74 Å². The van der Waals surface area contributed by atoms with Crippen LogP contribution >= 0.6 is 15.9 Å². The summed E-state index contributed by atoms with van der Waals surface area (Å²) >= 11 is 3.53. The number of fused-ring (bicyclic) bond motifs is 1. The largest absolute Gasteiger partial charge is 0.493 e. The average Bonchev–Trinajstić information content (AvgIpc) is 3.06. The third kappa shape index (κ3) is 3.25. The van der Waals surface area contributed by atoms with E-state index < -0.39 is 0 Å². The average molecular weight is 337 g/mol. The molecule has 1 aromatic carbocycles. The molecule has 3 heteroatoms. The zero-order chi connectivity index (χ0) is 13.9. The van der Waals surface area contributed by atoms with Crippen LogP contribution in [0.3, 0.4) is 0 Å². The van der Waals surface area contributed by atoms with Gasteiger partial charge in [-0.05, 0) is 30.0 Å². The third-order valence-corrected chi connectivity index (χ3v) is 4.98. The van der Waals surface area contributed by atoms with Gasteiger partial charge in [0.05, 0.1) is 6.61 Å². The Morgan fingerprint density at radius 1 is 1.30 bits per heavy atom. The van der Waals surface area contributed by atoms with Gasteiger partial charge in [0.25, 0.3) is 0 Å². The molecule has 0 aromatic heterocycles. The summed E-state index contributed by atoms with van der Waals surface area (Å²) in [6.45, 7) is 0.745. The molecule has 0 unspecified atom stereocenters. The lowest BCUT2D eigenvalue weighted by Crippen LogP contribution is -2.06. The molecular formula is C17H21BrO2. The maximum atomic E-state index is 12.2. The molecule has 0 spiro atoms. The summed E-state index contributed by atoms with van der Waals surface area (Å²) in [5, 5.41) is 0. The van der Waals surface area contributed by atoms with Crippen molar-refractivity contribution in [2.24, 2.45) is 5.92 Å². The summed E-state index contributed by atoms with van der Waals surface area (Å²) in [4.78, 5) is 12.2. The van der Waals surface area contributed by atoms with Gasteiger partial charge in [-0.1, -0.05) is 41.6 Å². The molecule has 0 amide bonds. The highest BCUT2D eigenvalue weighted by atomic mass is 79.9. The summed E-state index contributed by atoms with van der Waals surface area (Å²) < 4.78 is 6.75. The fraction of sp³-hybridized carbons (Fsp3) is 0.588. The Bertz CT molecular complexity index is 504. The number of halogens is 1. The van der Waals surface area contributed by atoms with Crippen molar-refractivity contribution in [2.75, 3.05) is 6.61 Å². The molecular weight excluding hydrogens is 316 g/mol. The lowest BCUT2D eigenvalue weighted by Gasteiger charge is -2.10. The highest BCUT2D eigenvalue weighted by molar-refractivity contribution is 9.10. The Morgan fingerprint density at radius 3 is 2.90 bits per heavy atom. The van der Waals surface area contributed by atoms with Crippen LogP contribution in [0.25, 0.3) is 0 Å². The van der Waals surface area contributed by atoms with Gasteiger partial charge in [0, 0.05) is 29.3 Å². The number of ether oxygens (including phenoxy) is 1. The maximum absolute atomic E-state index is 12.2. The molecule has 1 aromatic rings. The van der Waals surface area contributed by atoms with Crippen LogP contribution in [0, 0.1) is 5.92 Å². The quantitative estimate of drug-likeness (QED) is 0.793. The fourth-order valence-corrected chi connectivity index (χ4v) is 3.99. The SMILES string of the molecule is O=C(CCC1CCCC1)Cc1cc(Br)cc2c1OCC2. The van der Waals surface area contributed by atoms with E-state index >= 15 is 0 Å². The summed E-state index contributed by atoms with van der Waals surface area (Å²) in [6.07, 6.45) is 8.64. The molecule has 108 valence electrons. The molecule has 1 heterocycles. The standard InChI is InChI=1S/C17H21BrO2/c18-15-9-13-7-8-20-17(13)14(10-15)11-16(19)6-5-12-3-1-2-4-12/h9-10,12H,1-8,11H2. The zero-order valence-corrected chi connectivity index (χ0v) is 13.4. The predicted octanol–water partition coefficient (Wildman–Crippen LogP) is 4.47. The Balaban J connectivity index is 1.61. The van der Waals surface area contributed by atoms with Crippen LogP contribution in [0.2, 0.25) is 0 Å². The molecule has 1 aliphatic carbocycles. The van der Waals surface area contributed by atoms with Gasteiger partial charge in [0.1, 0.15) is 11.5 Å². The minimum absolute atomic E-state index is 0.354. The summed E-state index contributed by atoms with van der Waals surface area (Å²) in [6, 6.07) is 4.15. The Morgan fingerprint density at radius 2 is 2.10 bits per heavy atom. The van der Waals surface area contributed by atoms with Crippen molar-refractivity contribution < 1.29 is 9.53 Å². The number of rotatable bonds is 5. The van der Waals surface area contributed by atoms with Crippen molar-refractivity contribution in [3.63, 3.8) is 0 Å². The first-order chi connectivity index (χ1) is 9.72. The number of benzene rings is 1. The van der Waals surface area contributed by atoms with Gasteiger partial charge in [-0.3, -0.25) is 4.79 Å². The fourth-order valence-electron chi connectivity index (χ4n) is 3.44. The van der Waals surface area contributed by atoms with E-state index in [1.54, 1.807) is 0 Å². The third-order valence-electron chi connectivity index (χ3n) is 4.52. The molecule has 1 saturated carbocycles. The van der Waals surface area contributed by atoms with Gasteiger partial charge < -0.3 is 4.74 Å². The molecule has 0 radical (unpaired) electrons. The maximum Gasteiger partial charge on any atom is 0.137 e. The van der Waals surface area contributed by atoms with Gasteiger partial charge in [0.2, 0.25) is 0 Å². The van der Waals surface area contributed by atoms with Crippen molar-refractivity contribution in [1.82, 2.24) is 0 Å². The topological polar surface area (TPSA) is 26.3 Å². The van der Waals surface area contributed by atoms with Gasteiger partial charge in [-0.2, -0.15) is 0 Å². The second-order valence-corrected chi connectivity index (χ2v) is 6.97. The molecule has 1 aliphatic heterocycles. The highest BCUT2D eigenvalue weighted by Crippen LogP contribution is 2.34. The van der Waals surface area contributed by atoms with E-state index in [1.807, 2.05) is 6.07 Å². The summed E-state index contributed by atoms with van der Waals surface area (Å²) in [7, 11) is 0. The monoisotopic (exact) mass is 336 g/mol. The van der Waals surface area contributed by atoms with Crippen LogP contribution in [0.5, 0.6) is 5.75 Å². The van der Waals surface area contributed by atoms with Gasteiger partial charge in [0.15, 0.2) is 0 Å². The molecule has 0 bridgehead atoms. The predicted molar refractivity (Wildman–Crippen MR) is 83.2 cm³/mol. The van der Waals surface area contributed by atoms with Crippen molar-refractivity contribution in [2.45, 2.75) is 51.4 Å². The van der Waals surface area contributed by atoms with E-state index in [1.165, 1.54) is 31.2 Å². The molecule has 3 rings (SSSR count). The van der Waals surface area contributed by atoms with E-state index in [2.05, 4.69) is 22.0 Å². The van der Waals surface area contributed by atoms with E-state index in [-0.39, 0.29) is 0 Å². The van der Waals surface area contributed by atoms with Crippen molar-refractivity contribution in [3.8, 4) is 5.75 Å². The smallest absolute Gasteiger partial charge is 0.137 e. The van der Waals surface area contributed by atoms with Crippen LogP contribution < -0.4 is 4.74 Å². The second kappa shape index (κ2) is 6.30. The summed E-state index contributed by atoms with van der Waals surface area (Å²) in [5.41, 5.74) is 2.29. The van der Waals surface area contributed by atoms with Crippen molar-refractivity contribution in [3.05, 3.63) is 27.7 Å². The van der Waals surface area contributed by atoms with Crippen molar-refractivity contribution >= 4 is 21.7 Å². The molecule has 2 nitrogen and oxygen atoms in total. The minimum atomic E-state index is 0.354. The minimum Gasteiger partial charge on any atom is -0.493 e. The number of hydrogen-bond acceptors (Lipinski definition) is 2. The first-order valence-corrected chi connectivity index (χ1v) is 8.47. The normalized spacial score (nSPS) is 18.1. The molecule has 0 saturated heterocycles. The Hall–Kier alpha value is -0.830. The first-order valence-electron chi connectivity index (χ1n) is 7.68. The zero-order valence-electron chi connectivity index (χ0n) is 11.8. The van der Waals surface area contributed by atoms with Crippen molar-refractivity contribution in [1.29, 1.82) is 0 Å². The van der Waals surface area contributed by atoms with Crippen LogP contribution in [0.4, 0.5) is 0 Å². The van der Waals surface area contributed by atoms with Crippen LogP contribution in [0.1, 0.15) is 49.7 Å². The second-order valence-electron chi connectivity index (χ2n) is 6.06. The first kappa shape index (κ1) is 14.1.